The monoisotopic (exact) mass is 542 g/mol. The Balaban J connectivity index is 1.19. The van der Waals surface area contributed by atoms with Crippen LogP contribution in [-0.4, -0.2) is 54.5 Å². The van der Waals surface area contributed by atoms with Crippen molar-refractivity contribution < 1.29 is 19.1 Å². The molecule has 1 saturated heterocycles. The Morgan fingerprint density at radius 2 is 1.68 bits per heavy atom. The van der Waals surface area contributed by atoms with E-state index in [0.717, 1.165) is 68.7 Å². The SMILES string of the molecule is O=C1NCCCCC2(CCN(Cc3ccccc3OCc3ccccn3)CC2)C(=O)NCCOc2ccccc21. The minimum absolute atomic E-state index is 0.115. The van der Waals surface area contributed by atoms with E-state index in [1.165, 1.54) is 0 Å². The minimum atomic E-state index is -0.405. The maximum absolute atomic E-state index is 13.5. The van der Waals surface area contributed by atoms with Crippen molar-refractivity contribution >= 4 is 11.8 Å². The standard InChI is InChI=1S/C32H38N4O4/c37-30-27-11-2-4-13-29(27)39-22-19-35-31(38)32(14-6-8-18-34-30)15-20-36(21-16-32)23-25-9-1-3-12-28(25)40-24-26-10-5-7-17-33-26/h1-5,7,9-13,17H,6,8,14-16,18-24H2,(H,34,37)(H,35,38). The maximum Gasteiger partial charge on any atom is 0.255 e. The Morgan fingerprint density at radius 1 is 0.875 bits per heavy atom. The molecule has 3 aromatic rings. The van der Waals surface area contributed by atoms with Gasteiger partial charge in [0.05, 0.1) is 23.2 Å². The van der Waals surface area contributed by atoms with E-state index in [4.69, 9.17) is 9.47 Å². The van der Waals surface area contributed by atoms with E-state index >= 15 is 0 Å². The summed E-state index contributed by atoms with van der Waals surface area (Å²) in [5.74, 6) is 1.40. The summed E-state index contributed by atoms with van der Waals surface area (Å²) in [6.45, 7) is 4.17. The van der Waals surface area contributed by atoms with E-state index < -0.39 is 5.41 Å². The second kappa shape index (κ2) is 13.4. The summed E-state index contributed by atoms with van der Waals surface area (Å²) in [5.41, 5.74) is 2.15. The van der Waals surface area contributed by atoms with Gasteiger partial charge in [0.25, 0.3) is 5.91 Å². The second-order valence-electron chi connectivity index (χ2n) is 10.6. The van der Waals surface area contributed by atoms with Crippen molar-refractivity contribution in [1.82, 2.24) is 20.5 Å². The molecule has 0 bridgehead atoms. The highest BCUT2D eigenvalue weighted by molar-refractivity contribution is 5.96. The van der Waals surface area contributed by atoms with Crippen LogP contribution in [0.25, 0.3) is 0 Å². The van der Waals surface area contributed by atoms with E-state index in [2.05, 4.69) is 26.6 Å². The van der Waals surface area contributed by atoms with Crippen LogP contribution in [0.1, 0.15) is 53.7 Å². The van der Waals surface area contributed by atoms with Gasteiger partial charge in [0.1, 0.15) is 24.7 Å². The first-order valence-electron chi connectivity index (χ1n) is 14.2. The van der Waals surface area contributed by atoms with Crippen molar-refractivity contribution in [3.8, 4) is 11.5 Å². The van der Waals surface area contributed by atoms with Gasteiger partial charge < -0.3 is 20.1 Å². The van der Waals surface area contributed by atoms with Gasteiger partial charge in [0.15, 0.2) is 0 Å². The van der Waals surface area contributed by atoms with Gasteiger partial charge in [-0.2, -0.15) is 0 Å². The summed E-state index contributed by atoms with van der Waals surface area (Å²) in [5, 5.41) is 6.15. The van der Waals surface area contributed by atoms with Crippen LogP contribution in [0.2, 0.25) is 0 Å². The molecule has 5 rings (SSSR count). The van der Waals surface area contributed by atoms with Gasteiger partial charge in [-0.1, -0.05) is 42.8 Å². The van der Waals surface area contributed by atoms with E-state index in [1.54, 1.807) is 18.3 Å². The predicted octanol–water partition coefficient (Wildman–Crippen LogP) is 4.35. The number of nitrogens with one attached hydrogen (secondary N) is 2. The molecule has 1 fully saturated rings. The van der Waals surface area contributed by atoms with Crippen molar-refractivity contribution in [2.75, 3.05) is 32.8 Å². The van der Waals surface area contributed by atoms with Crippen molar-refractivity contribution in [2.45, 2.75) is 45.3 Å². The third-order valence-corrected chi connectivity index (χ3v) is 7.91. The highest BCUT2D eigenvalue weighted by Gasteiger charge is 2.40. The average molecular weight is 543 g/mol. The second-order valence-corrected chi connectivity index (χ2v) is 10.6. The molecular formula is C32H38N4O4. The number of piperidine rings is 1. The highest BCUT2D eigenvalue weighted by atomic mass is 16.5. The summed E-state index contributed by atoms with van der Waals surface area (Å²) >= 11 is 0. The lowest BCUT2D eigenvalue weighted by Gasteiger charge is -2.41. The summed E-state index contributed by atoms with van der Waals surface area (Å²) < 4.78 is 12.0. The molecule has 2 aliphatic heterocycles. The van der Waals surface area contributed by atoms with Crippen LogP contribution in [0.4, 0.5) is 0 Å². The topological polar surface area (TPSA) is 92.8 Å². The highest BCUT2D eigenvalue weighted by Crippen LogP contribution is 2.38. The van der Waals surface area contributed by atoms with Crippen LogP contribution in [0.15, 0.2) is 72.9 Å². The molecule has 0 unspecified atom stereocenters. The maximum atomic E-state index is 13.5. The van der Waals surface area contributed by atoms with Gasteiger partial charge in [0, 0.05) is 24.8 Å². The molecule has 1 spiro atoms. The summed E-state index contributed by atoms with van der Waals surface area (Å²) in [6, 6.07) is 21.2. The quantitative estimate of drug-likeness (QED) is 0.498. The van der Waals surface area contributed by atoms with Gasteiger partial charge in [-0.25, -0.2) is 0 Å². The largest absolute Gasteiger partial charge is 0.491 e. The first-order valence-corrected chi connectivity index (χ1v) is 14.2. The van der Waals surface area contributed by atoms with Gasteiger partial charge in [-0.3, -0.25) is 19.5 Å². The summed E-state index contributed by atoms with van der Waals surface area (Å²) in [6.07, 6.45) is 5.89. The Hall–Kier alpha value is -3.91. The van der Waals surface area contributed by atoms with Gasteiger partial charge >= 0.3 is 0 Å². The zero-order valence-corrected chi connectivity index (χ0v) is 22.9. The molecule has 0 atom stereocenters. The number of ether oxygens (including phenoxy) is 2. The first kappa shape index (κ1) is 27.6. The Labute approximate surface area is 236 Å². The van der Waals surface area contributed by atoms with Crippen molar-refractivity contribution in [1.29, 1.82) is 0 Å². The molecule has 2 N–H and O–H groups in total. The number of benzene rings is 2. The number of hydrogen-bond acceptors (Lipinski definition) is 6. The summed E-state index contributed by atoms with van der Waals surface area (Å²) in [7, 11) is 0. The Morgan fingerprint density at radius 3 is 2.52 bits per heavy atom. The van der Waals surface area contributed by atoms with Crippen LogP contribution < -0.4 is 20.1 Å². The van der Waals surface area contributed by atoms with Crippen LogP contribution in [-0.2, 0) is 17.9 Å². The fraction of sp³-hybridized carbons (Fsp3) is 0.406. The molecule has 2 aromatic carbocycles. The zero-order valence-electron chi connectivity index (χ0n) is 22.9. The molecule has 0 aliphatic carbocycles. The fourth-order valence-corrected chi connectivity index (χ4v) is 5.56. The number of amides is 2. The number of carbonyl (C=O) groups is 2. The molecule has 8 nitrogen and oxygen atoms in total. The fourth-order valence-electron chi connectivity index (χ4n) is 5.56. The van der Waals surface area contributed by atoms with E-state index in [9.17, 15) is 9.59 Å². The number of likely N-dealkylation sites (tertiary alicyclic amines) is 1. The normalized spacial score (nSPS) is 18.5. The minimum Gasteiger partial charge on any atom is -0.491 e. The molecule has 8 heteroatoms. The molecule has 0 radical (unpaired) electrons. The Kier molecular flexibility index (Phi) is 9.29. The van der Waals surface area contributed by atoms with Crippen molar-refractivity contribution in [2.24, 2.45) is 5.41 Å². The van der Waals surface area contributed by atoms with Crippen molar-refractivity contribution in [3.63, 3.8) is 0 Å². The van der Waals surface area contributed by atoms with E-state index in [0.29, 0.717) is 37.6 Å². The molecule has 3 heterocycles. The van der Waals surface area contributed by atoms with E-state index in [1.807, 2.05) is 48.5 Å². The number of nitrogens with zero attached hydrogens (tertiary/aromatic N) is 2. The molecule has 40 heavy (non-hydrogen) atoms. The first-order chi connectivity index (χ1) is 19.6. The summed E-state index contributed by atoms with van der Waals surface area (Å²) in [4.78, 5) is 32.9. The smallest absolute Gasteiger partial charge is 0.255 e. The number of fused-ring (bicyclic) bond motifs is 1. The predicted molar refractivity (Wildman–Crippen MR) is 153 cm³/mol. The van der Waals surface area contributed by atoms with Gasteiger partial charge in [-0.15, -0.1) is 0 Å². The van der Waals surface area contributed by atoms with Crippen molar-refractivity contribution in [3.05, 3.63) is 89.7 Å². The molecule has 0 saturated carbocycles. The lowest BCUT2D eigenvalue weighted by Crippen LogP contribution is -2.49. The molecular weight excluding hydrogens is 504 g/mol. The number of rotatable bonds is 5. The van der Waals surface area contributed by atoms with Crippen LogP contribution in [0, 0.1) is 5.41 Å². The number of para-hydroxylation sites is 2. The van der Waals surface area contributed by atoms with Gasteiger partial charge in [0.2, 0.25) is 5.91 Å². The average Bonchev–Trinajstić information content (AvgIpc) is 2.99. The van der Waals surface area contributed by atoms with Crippen LogP contribution in [0.5, 0.6) is 11.5 Å². The number of carbonyl (C=O) groups excluding carboxylic acids is 2. The molecule has 210 valence electrons. The Bertz CT molecular complexity index is 1270. The van der Waals surface area contributed by atoms with Crippen LogP contribution >= 0.6 is 0 Å². The number of pyridine rings is 1. The molecule has 2 amide bonds. The third kappa shape index (κ3) is 6.99. The lowest BCUT2D eigenvalue weighted by atomic mass is 9.73. The third-order valence-electron chi connectivity index (χ3n) is 7.91. The number of hydrogen-bond donors (Lipinski definition) is 2. The lowest BCUT2D eigenvalue weighted by molar-refractivity contribution is -0.134. The van der Waals surface area contributed by atoms with Gasteiger partial charge in [-0.05, 0) is 69.1 Å². The van der Waals surface area contributed by atoms with Crippen LogP contribution in [0.3, 0.4) is 0 Å². The zero-order chi connectivity index (χ0) is 27.6. The van der Waals surface area contributed by atoms with E-state index in [-0.39, 0.29) is 11.8 Å². The molecule has 2 aliphatic rings. The number of aromatic nitrogens is 1. The molecule has 1 aromatic heterocycles.